The molecule has 0 saturated carbocycles. The van der Waals surface area contributed by atoms with Crippen LogP contribution in [0.5, 0.6) is 5.75 Å². The van der Waals surface area contributed by atoms with E-state index in [9.17, 15) is 0 Å². The van der Waals surface area contributed by atoms with E-state index in [4.69, 9.17) is 22.8 Å². The Balaban J connectivity index is 2.05. The molecule has 21 heavy (non-hydrogen) atoms. The molecule has 0 aliphatic carbocycles. The van der Waals surface area contributed by atoms with Crippen molar-refractivity contribution in [3.8, 4) is 18.1 Å². The van der Waals surface area contributed by atoms with Crippen LogP contribution in [0.2, 0.25) is 5.02 Å². The topological polar surface area (TPSA) is 24.5 Å². The molecule has 0 bridgehead atoms. The van der Waals surface area contributed by atoms with Crippen LogP contribution >= 0.6 is 27.5 Å². The number of terminal acetylenes is 1. The molecule has 1 saturated heterocycles. The van der Waals surface area contributed by atoms with Gasteiger partial charge in [-0.05, 0) is 47.8 Å². The molecular weight excluding hydrogens is 352 g/mol. The average Bonchev–Trinajstić information content (AvgIpc) is 2.45. The van der Waals surface area contributed by atoms with Crippen molar-refractivity contribution < 1.29 is 4.74 Å². The van der Waals surface area contributed by atoms with Crippen LogP contribution in [0.15, 0.2) is 16.6 Å². The van der Waals surface area contributed by atoms with Gasteiger partial charge in [0.1, 0.15) is 0 Å². The monoisotopic (exact) mass is 370 g/mol. The molecule has 0 amide bonds. The fraction of sp³-hybridized carbons (Fsp3) is 0.500. The molecule has 0 spiro atoms. The Morgan fingerprint density at radius 1 is 1.48 bits per heavy atom. The molecule has 5 heteroatoms. The number of hydrogen-bond acceptors (Lipinski definition) is 3. The Morgan fingerprint density at radius 2 is 2.19 bits per heavy atom. The number of piperidine rings is 1. The van der Waals surface area contributed by atoms with Crippen molar-refractivity contribution in [2.75, 3.05) is 31.6 Å². The van der Waals surface area contributed by atoms with E-state index >= 15 is 0 Å². The SMILES string of the molecule is C#CCN1CCC(Nc2cc(Cl)cc(Br)c2OCC)CC1. The van der Waals surface area contributed by atoms with Gasteiger partial charge >= 0.3 is 0 Å². The number of benzene rings is 1. The summed E-state index contributed by atoms with van der Waals surface area (Å²) in [6, 6.07) is 4.20. The fourth-order valence-electron chi connectivity index (χ4n) is 2.54. The van der Waals surface area contributed by atoms with Crippen molar-refractivity contribution in [2.24, 2.45) is 0 Å². The summed E-state index contributed by atoms with van der Waals surface area (Å²) >= 11 is 9.66. The highest BCUT2D eigenvalue weighted by Crippen LogP contribution is 2.37. The molecule has 1 aliphatic heterocycles. The van der Waals surface area contributed by atoms with Crippen LogP contribution in [0.25, 0.3) is 0 Å². The standard InChI is InChI=1S/C16H20BrClN2O/c1-3-7-20-8-5-13(6-9-20)19-15-11-12(18)10-14(17)16(15)21-4-2/h1,10-11,13,19H,4-9H2,2H3. The predicted molar refractivity (Wildman–Crippen MR) is 92.2 cm³/mol. The van der Waals surface area contributed by atoms with Gasteiger partial charge in [-0.1, -0.05) is 17.5 Å². The number of likely N-dealkylation sites (tertiary alicyclic amines) is 1. The maximum Gasteiger partial charge on any atom is 0.156 e. The Hall–Kier alpha value is -0.890. The van der Waals surface area contributed by atoms with Gasteiger partial charge in [-0.15, -0.1) is 6.42 Å². The van der Waals surface area contributed by atoms with Crippen LogP contribution in [0, 0.1) is 12.3 Å². The first kappa shape index (κ1) is 16.5. The van der Waals surface area contributed by atoms with Gasteiger partial charge in [0.05, 0.1) is 23.3 Å². The number of nitrogens with one attached hydrogen (secondary N) is 1. The van der Waals surface area contributed by atoms with Crippen LogP contribution in [0.4, 0.5) is 5.69 Å². The van der Waals surface area contributed by atoms with Crippen LogP contribution in [-0.4, -0.2) is 37.2 Å². The van der Waals surface area contributed by atoms with Gasteiger partial charge in [0.25, 0.3) is 0 Å². The lowest BCUT2D eigenvalue weighted by Crippen LogP contribution is -2.39. The van der Waals surface area contributed by atoms with Crippen LogP contribution < -0.4 is 10.1 Å². The highest BCUT2D eigenvalue weighted by atomic mass is 79.9. The van der Waals surface area contributed by atoms with Gasteiger partial charge in [-0.2, -0.15) is 0 Å². The summed E-state index contributed by atoms with van der Waals surface area (Å²) in [5, 5.41) is 4.25. The summed E-state index contributed by atoms with van der Waals surface area (Å²) in [7, 11) is 0. The quantitative estimate of drug-likeness (QED) is 0.792. The van der Waals surface area contributed by atoms with E-state index in [0.29, 0.717) is 17.7 Å². The summed E-state index contributed by atoms with van der Waals surface area (Å²) < 4.78 is 6.60. The van der Waals surface area contributed by atoms with E-state index in [2.05, 4.69) is 32.1 Å². The van der Waals surface area contributed by atoms with E-state index in [1.807, 2.05) is 19.1 Å². The lowest BCUT2D eigenvalue weighted by atomic mass is 10.0. The molecule has 1 aromatic carbocycles. The first-order valence-electron chi connectivity index (χ1n) is 7.18. The highest BCUT2D eigenvalue weighted by Gasteiger charge is 2.20. The van der Waals surface area contributed by atoms with Gasteiger partial charge in [-0.3, -0.25) is 4.90 Å². The minimum atomic E-state index is 0.420. The van der Waals surface area contributed by atoms with E-state index in [1.165, 1.54) is 0 Å². The van der Waals surface area contributed by atoms with Gasteiger partial charge in [0.2, 0.25) is 0 Å². The zero-order chi connectivity index (χ0) is 15.2. The molecule has 3 nitrogen and oxygen atoms in total. The zero-order valence-corrected chi connectivity index (χ0v) is 14.5. The normalized spacial score (nSPS) is 16.5. The van der Waals surface area contributed by atoms with Gasteiger partial charge in [-0.25, -0.2) is 0 Å². The molecule has 0 radical (unpaired) electrons. The molecular formula is C16H20BrClN2O. The summed E-state index contributed by atoms with van der Waals surface area (Å²) in [5.41, 5.74) is 0.951. The number of rotatable bonds is 5. The fourth-order valence-corrected chi connectivity index (χ4v) is 3.47. The van der Waals surface area contributed by atoms with E-state index in [1.54, 1.807) is 0 Å². The minimum absolute atomic E-state index is 0.420. The van der Waals surface area contributed by atoms with Crippen molar-refractivity contribution in [2.45, 2.75) is 25.8 Å². The molecule has 1 fully saturated rings. The van der Waals surface area contributed by atoms with E-state index in [-0.39, 0.29) is 0 Å². The Kier molecular flexibility index (Phi) is 6.22. The number of halogens is 2. The van der Waals surface area contributed by atoms with Crippen molar-refractivity contribution >= 4 is 33.2 Å². The smallest absolute Gasteiger partial charge is 0.156 e. The molecule has 2 rings (SSSR count). The van der Waals surface area contributed by atoms with E-state index < -0.39 is 0 Å². The molecule has 114 valence electrons. The first-order valence-corrected chi connectivity index (χ1v) is 8.35. The average molecular weight is 372 g/mol. The maximum atomic E-state index is 6.15. The molecule has 0 unspecified atom stereocenters. The second kappa shape index (κ2) is 7.93. The Bertz CT molecular complexity index is 522. The minimum Gasteiger partial charge on any atom is -0.491 e. The molecule has 0 aromatic heterocycles. The van der Waals surface area contributed by atoms with Crippen molar-refractivity contribution in [1.29, 1.82) is 0 Å². The van der Waals surface area contributed by atoms with Gasteiger partial charge in [0.15, 0.2) is 5.75 Å². The Labute approximate surface area is 140 Å². The summed E-state index contributed by atoms with van der Waals surface area (Å²) in [6.07, 6.45) is 7.49. The lowest BCUT2D eigenvalue weighted by molar-refractivity contribution is 0.243. The number of ether oxygens (including phenoxy) is 1. The summed E-state index contributed by atoms with van der Waals surface area (Å²) in [5.74, 6) is 3.53. The molecule has 0 atom stereocenters. The van der Waals surface area contributed by atoms with Gasteiger partial charge < -0.3 is 10.1 Å². The largest absolute Gasteiger partial charge is 0.491 e. The number of nitrogens with zero attached hydrogens (tertiary/aromatic N) is 1. The second-order valence-corrected chi connectivity index (χ2v) is 6.39. The summed E-state index contributed by atoms with van der Waals surface area (Å²) in [4.78, 5) is 2.30. The molecule has 1 N–H and O–H groups in total. The third kappa shape index (κ3) is 4.54. The molecule has 1 heterocycles. The zero-order valence-electron chi connectivity index (χ0n) is 12.2. The highest BCUT2D eigenvalue weighted by molar-refractivity contribution is 9.10. The predicted octanol–water partition coefficient (Wildman–Crippen LogP) is 4.01. The summed E-state index contributed by atoms with van der Waals surface area (Å²) in [6.45, 7) is 5.37. The molecule has 1 aromatic rings. The third-order valence-corrected chi connectivity index (χ3v) is 4.37. The molecule has 1 aliphatic rings. The van der Waals surface area contributed by atoms with Crippen LogP contribution in [-0.2, 0) is 0 Å². The van der Waals surface area contributed by atoms with Crippen molar-refractivity contribution in [3.63, 3.8) is 0 Å². The number of anilines is 1. The van der Waals surface area contributed by atoms with Crippen LogP contribution in [0.1, 0.15) is 19.8 Å². The number of hydrogen-bond donors (Lipinski definition) is 1. The van der Waals surface area contributed by atoms with Crippen molar-refractivity contribution in [3.05, 3.63) is 21.6 Å². The Morgan fingerprint density at radius 3 is 2.81 bits per heavy atom. The maximum absolute atomic E-state index is 6.15. The lowest BCUT2D eigenvalue weighted by Gasteiger charge is -2.32. The first-order chi connectivity index (χ1) is 10.1. The van der Waals surface area contributed by atoms with Gasteiger partial charge in [0, 0.05) is 24.2 Å². The third-order valence-electron chi connectivity index (χ3n) is 3.56. The van der Waals surface area contributed by atoms with Crippen LogP contribution in [0.3, 0.4) is 0 Å². The van der Waals surface area contributed by atoms with Crippen molar-refractivity contribution in [1.82, 2.24) is 4.90 Å². The second-order valence-electron chi connectivity index (χ2n) is 5.10. The van der Waals surface area contributed by atoms with E-state index in [0.717, 1.165) is 48.4 Å².